The van der Waals surface area contributed by atoms with E-state index >= 15 is 0 Å². The molecule has 2 saturated heterocycles. The standard InChI is InChI=1S/C19H22N5O6PS/c1-8(2)9-3-5-10(6-4-9)32-19-21-12-15(22-18(20)23-16(12)26)24(19)17-13(25)14-11(29-17)7-28-31(27)30-14/h3-6,8,11,13-14,17,25,27H,7H2,1-2H3,(H3,20,22,23,26). The first-order chi connectivity index (χ1) is 15.3. The van der Waals surface area contributed by atoms with Crippen molar-refractivity contribution in [2.24, 2.45) is 0 Å². The summed E-state index contributed by atoms with van der Waals surface area (Å²) >= 11 is 1.31. The maximum absolute atomic E-state index is 12.5. The molecule has 4 heterocycles. The first-order valence-electron chi connectivity index (χ1n) is 9.99. The van der Waals surface area contributed by atoms with Gasteiger partial charge >= 0.3 is 8.60 Å². The second-order valence-electron chi connectivity index (χ2n) is 7.87. The number of hydrogen-bond acceptors (Lipinski definition) is 10. The van der Waals surface area contributed by atoms with E-state index in [1.807, 2.05) is 24.3 Å². The number of rotatable bonds is 4. The maximum atomic E-state index is 12.5. The molecule has 32 heavy (non-hydrogen) atoms. The van der Waals surface area contributed by atoms with E-state index in [1.165, 1.54) is 17.3 Å². The van der Waals surface area contributed by atoms with Gasteiger partial charge in [-0.1, -0.05) is 37.7 Å². The summed E-state index contributed by atoms with van der Waals surface area (Å²) in [4.78, 5) is 34.2. The van der Waals surface area contributed by atoms with E-state index in [4.69, 9.17) is 19.5 Å². The number of nitrogen functional groups attached to an aromatic ring is 1. The van der Waals surface area contributed by atoms with Crippen molar-refractivity contribution >= 4 is 37.5 Å². The molecular weight excluding hydrogens is 457 g/mol. The molecule has 2 aliphatic heterocycles. The van der Waals surface area contributed by atoms with Crippen molar-refractivity contribution in [3.8, 4) is 0 Å². The van der Waals surface area contributed by atoms with Crippen LogP contribution in [0.4, 0.5) is 5.95 Å². The first kappa shape index (κ1) is 21.8. The van der Waals surface area contributed by atoms with Crippen LogP contribution in [0.25, 0.3) is 11.2 Å². The molecule has 1 aromatic carbocycles. The zero-order chi connectivity index (χ0) is 22.6. The van der Waals surface area contributed by atoms with Gasteiger partial charge in [0, 0.05) is 4.90 Å². The Hall–Kier alpha value is -2.05. The van der Waals surface area contributed by atoms with Gasteiger partial charge in [-0.25, -0.2) is 4.98 Å². The molecule has 0 spiro atoms. The van der Waals surface area contributed by atoms with Crippen LogP contribution in [0.5, 0.6) is 0 Å². The van der Waals surface area contributed by atoms with Gasteiger partial charge in [0.05, 0.1) is 6.61 Å². The minimum atomic E-state index is -2.09. The maximum Gasteiger partial charge on any atom is 0.330 e. The number of anilines is 1. The number of H-pyrrole nitrogens is 1. The molecule has 0 bridgehead atoms. The average molecular weight is 479 g/mol. The molecule has 170 valence electrons. The van der Waals surface area contributed by atoms with Crippen LogP contribution in [-0.2, 0) is 13.8 Å². The van der Waals surface area contributed by atoms with Gasteiger partial charge in [-0.2, -0.15) is 4.98 Å². The zero-order valence-electron chi connectivity index (χ0n) is 17.2. The van der Waals surface area contributed by atoms with Crippen LogP contribution in [0.15, 0.2) is 39.1 Å². The Bertz CT molecular complexity index is 1200. The predicted octanol–water partition coefficient (Wildman–Crippen LogP) is 1.87. The number of aliphatic hydroxyl groups is 1. The molecule has 5 atom stereocenters. The molecule has 0 aliphatic carbocycles. The summed E-state index contributed by atoms with van der Waals surface area (Å²) in [6.07, 6.45) is -3.50. The second-order valence-corrected chi connectivity index (χ2v) is 9.86. The van der Waals surface area contributed by atoms with Crippen LogP contribution in [0.1, 0.15) is 31.6 Å². The molecule has 2 fully saturated rings. The molecule has 11 nitrogen and oxygen atoms in total. The van der Waals surface area contributed by atoms with Crippen molar-refractivity contribution in [3.63, 3.8) is 0 Å². The van der Waals surface area contributed by atoms with Crippen molar-refractivity contribution in [1.82, 2.24) is 19.5 Å². The lowest BCUT2D eigenvalue weighted by atomic mass is 10.0. The number of imidazole rings is 1. The van der Waals surface area contributed by atoms with E-state index in [9.17, 15) is 14.8 Å². The van der Waals surface area contributed by atoms with Crippen molar-refractivity contribution in [2.75, 3.05) is 12.3 Å². The van der Waals surface area contributed by atoms with Crippen LogP contribution in [0.3, 0.4) is 0 Å². The van der Waals surface area contributed by atoms with Crippen LogP contribution in [0, 0.1) is 0 Å². The molecular formula is C19H22N5O6PS. The summed E-state index contributed by atoms with van der Waals surface area (Å²) in [6.45, 7) is 4.31. The average Bonchev–Trinajstić information content (AvgIpc) is 3.26. The zero-order valence-corrected chi connectivity index (χ0v) is 18.9. The van der Waals surface area contributed by atoms with Crippen LogP contribution >= 0.6 is 20.4 Å². The van der Waals surface area contributed by atoms with Gasteiger partial charge in [-0.05, 0) is 23.6 Å². The molecule has 0 radical (unpaired) electrons. The van der Waals surface area contributed by atoms with Gasteiger partial charge in [-0.3, -0.25) is 14.3 Å². The Labute approximate surface area is 187 Å². The number of ether oxygens (including phenoxy) is 1. The van der Waals surface area contributed by atoms with Crippen LogP contribution < -0.4 is 11.3 Å². The minimum Gasteiger partial charge on any atom is -0.386 e. The first-order valence-corrected chi connectivity index (χ1v) is 11.9. The smallest absolute Gasteiger partial charge is 0.330 e. The third-order valence-electron chi connectivity index (χ3n) is 5.42. The van der Waals surface area contributed by atoms with Crippen molar-refractivity contribution in [1.29, 1.82) is 0 Å². The fourth-order valence-electron chi connectivity index (χ4n) is 3.78. The van der Waals surface area contributed by atoms with E-state index < -0.39 is 38.7 Å². The summed E-state index contributed by atoms with van der Waals surface area (Å²) < 4.78 is 18.1. The van der Waals surface area contributed by atoms with Crippen LogP contribution in [0.2, 0.25) is 0 Å². The molecule has 0 amide bonds. The molecule has 5 N–H and O–H groups in total. The highest BCUT2D eigenvalue weighted by Gasteiger charge is 2.50. The Morgan fingerprint density at radius 3 is 2.78 bits per heavy atom. The fraction of sp³-hybridized carbons (Fsp3) is 0.421. The lowest BCUT2D eigenvalue weighted by molar-refractivity contribution is -0.0614. The molecule has 0 saturated carbocycles. The second kappa shape index (κ2) is 8.38. The largest absolute Gasteiger partial charge is 0.386 e. The number of aromatic amines is 1. The summed E-state index contributed by atoms with van der Waals surface area (Å²) in [6, 6.07) is 8.01. The summed E-state index contributed by atoms with van der Waals surface area (Å²) in [7, 11) is -2.09. The van der Waals surface area contributed by atoms with Gasteiger partial charge in [0.15, 0.2) is 22.5 Å². The predicted molar refractivity (Wildman–Crippen MR) is 117 cm³/mol. The quantitative estimate of drug-likeness (QED) is 0.407. The third kappa shape index (κ3) is 3.81. The van der Waals surface area contributed by atoms with Gasteiger partial charge < -0.3 is 29.5 Å². The molecule has 2 aromatic heterocycles. The monoisotopic (exact) mass is 479 g/mol. The van der Waals surface area contributed by atoms with Gasteiger partial charge in [-0.15, -0.1) is 0 Å². The lowest BCUT2D eigenvalue weighted by Gasteiger charge is -2.27. The lowest BCUT2D eigenvalue weighted by Crippen LogP contribution is -2.38. The fourth-order valence-corrected chi connectivity index (χ4v) is 5.49. The number of aromatic nitrogens is 4. The summed E-state index contributed by atoms with van der Waals surface area (Å²) in [5.74, 6) is 0.318. The number of nitrogens with one attached hydrogen (secondary N) is 1. The minimum absolute atomic E-state index is 0.0718. The number of nitrogens with zero attached hydrogens (tertiary/aromatic N) is 3. The number of benzene rings is 1. The number of fused-ring (bicyclic) bond motifs is 2. The van der Waals surface area contributed by atoms with E-state index in [2.05, 4.69) is 28.8 Å². The Balaban J connectivity index is 1.58. The van der Waals surface area contributed by atoms with Gasteiger partial charge in [0.25, 0.3) is 5.56 Å². The molecule has 2 aliphatic rings. The van der Waals surface area contributed by atoms with E-state index in [1.54, 1.807) is 4.57 Å². The molecule has 5 unspecified atom stereocenters. The van der Waals surface area contributed by atoms with Gasteiger partial charge in [0.2, 0.25) is 5.95 Å². The topological polar surface area (TPSA) is 158 Å². The highest BCUT2D eigenvalue weighted by atomic mass is 32.2. The molecule has 5 rings (SSSR count). The van der Waals surface area contributed by atoms with Gasteiger partial charge in [0.1, 0.15) is 18.3 Å². The number of hydrogen-bond donors (Lipinski definition) is 4. The SMILES string of the molecule is CC(C)c1ccc(Sc2nc3c(=O)[nH]c(N)nc3n2C2OC3COP(O)OC3C2O)cc1. The number of aliphatic hydroxyl groups excluding tert-OH is 1. The third-order valence-corrected chi connectivity index (χ3v) is 7.19. The van der Waals surface area contributed by atoms with E-state index in [0.29, 0.717) is 11.1 Å². The Morgan fingerprint density at radius 2 is 2.06 bits per heavy atom. The summed E-state index contributed by atoms with van der Waals surface area (Å²) in [5, 5.41) is 11.3. The van der Waals surface area contributed by atoms with E-state index in [0.717, 1.165) is 4.90 Å². The highest BCUT2D eigenvalue weighted by molar-refractivity contribution is 7.99. The van der Waals surface area contributed by atoms with Crippen LogP contribution in [-0.4, -0.2) is 54.4 Å². The Kier molecular flexibility index (Phi) is 5.70. The molecule has 3 aromatic rings. The van der Waals surface area contributed by atoms with Crippen molar-refractivity contribution < 1.29 is 23.8 Å². The Morgan fingerprint density at radius 1 is 1.31 bits per heavy atom. The number of nitrogens with two attached hydrogens (primary N) is 1. The van der Waals surface area contributed by atoms with Crippen molar-refractivity contribution in [3.05, 3.63) is 40.2 Å². The summed E-state index contributed by atoms with van der Waals surface area (Å²) in [5.41, 5.74) is 6.74. The van der Waals surface area contributed by atoms with E-state index in [-0.39, 0.29) is 23.7 Å². The normalized spacial score (nSPS) is 27.8. The van der Waals surface area contributed by atoms with Crippen molar-refractivity contribution in [2.45, 2.75) is 54.4 Å². The highest BCUT2D eigenvalue weighted by Crippen LogP contribution is 2.47. The molecule has 13 heteroatoms.